The zero-order valence-electron chi connectivity index (χ0n) is 20.4. The molecule has 37 heavy (non-hydrogen) atoms. The van der Waals surface area contributed by atoms with Crippen molar-refractivity contribution in [3.8, 4) is 22.9 Å². The predicted molar refractivity (Wildman–Crippen MR) is 151 cm³/mol. The average Bonchev–Trinajstić information content (AvgIpc) is 3.45. The van der Waals surface area contributed by atoms with Crippen LogP contribution in [-0.2, 0) is 4.74 Å². The van der Waals surface area contributed by atoms with E-state index in [1.807, 2.05) is 55.5 Å². The lowest BCUT2D eigenvalue weighted by Gasteiger charge is -2.24. The van der Waals surface area contributed by atoms with E-state index in [1.54, 1.807) is 31.4 Å². The summed E-state index contributed by atoms with van der Waals surface area (Å²) in [7, 11) is 1.62. The van der Waals surface area contributed by atoms with Crippen LogP contribution >= 0.6 is 22.6 Å². The van der Waals surface area contributed by atoms with Gasteiger partial charge in [0, 0.05) is 22.2 Å². The first kappa shape index (κ1) is 25.1. The van der Waals surface area contributed by atoms with Crippen LogP contribution in [0.4, 0.5) is 0 Å². The maximum Gasteiger partial charge on any atom is 0.329 e. The molecule has 0 unspecified atom stereocenters. The second-order valence-corrected chi connectivity index (χ2v) is 10.0. The van der Waals surface area contributed by atoms with E-state index in [1.165, 1.54) is 4.57 Å². The van der Waals surface area contributed by atoms with Crippen LogP contribution in [0, 0.1) is 3.57 Å². The van der Waals surface area contributed by atoms with Gasteiger partial charge in [0.15, 0.2) is 0 Å². The third kappa shape index (κ3) is 5.14. The number of methoxy groups -OCH3 is 1. The Bertz CT molecular complexity index is 1560. The molecule has 0 radical (unpaired) electrons. The highest BCUT2D eigenvalue weighted by atomic mass is 127. The Hall–Kier alpha value is -3.57. The molecule has 9 heteroatoms. The third-order valence-corrected chi connectivity index (χ3v) is 7.09. The molecule has 5 aromatic rings. The van der Waals surface area contributed by atoms with Crippen LogP contribution in [0.15, 0.2) is 77.6 Å². The number of fused-ring (bicyclic) bond motifs is 1. The predicted octanol–water partition coefficient (Wildman–Crippen LogP) is 5.45. The van der Waals surface area contributed by atoms with Gasteiger partial charge < -0.3 is 24.5 Å². The number of rotatable bonds is 9. The number of hydrogen-bond acceptors (Lipinski definition) is 5. The van der Waals surface area contributed by atoms with Crippen LogP contribution < -0.4 is 10.4 Å². The van der Waals surface area contributed by atoms with Gasteiger partial charge in [0.1, 0.15) is 29.9 Å². The van der Waals surface area contributed by atoms with Gasteiger partial charge in [-0.05, 0) is 70.6 Å². The van der Waals surface area contributed by atoms with E-state index >= 15 is 0 Å². The molecule has 0 amide bonds. The lowest BCUT2D eigenvalue weighted by molar-refractivity contribution is 0.146. The van der Waals surface area contributed by atoms with Crippen molar-refractivity contribution >= 4 is 33.6 Å². The summed E-state index contributed by atoms with van der Waals surface area (Å²) in [6.07, 6.45) is 0. The number of nitrogens with one attached hydrogen (secondary N) is 2. The summed E-state index contributed by atoms with van der Waals surface area (Å²) in [6.45, 7) is 2.95. The minimum absolute atomic E-state index is 0.152. The zero-order chi connectivity index (χ0) is 25.9. The molecule has 190 valence electrons. The lowest BCUT2D eigenvalue weighted by atomic mass is 9.92. The Morgan fingerprint density at radius 3 is 2.51 bits per heavy atom. The number of aromatic amines is 2. The average molecular weight is 610 g/mol. The number of hydrogen-bond donors (Lipinski definition) is 3. The highest BCUT2D eigenvalue weighted by Crippen LogP contribution is 2.38. The highest BCUT2D eigenvalue weighted by Gasteiger charge is 2.31. The molecule has 5 rings (SSSR count). The van der Waals surface area contributed by atoms with Gasteiger partial charge in [0.05, 0.1) is 17.6 Å². The number of ether oxygens (including phenoxy) is 2. The molecular weight excluding hydrogens is 583 g/mol. The summed E-state index contributed by atoms with van der Waals surface area (Å²) in [6, 6.07) is 22.5. The first-order chi connectivity index (χ1) is 18.0. The molecule has 0 saturated carbocycles. The van der Waals surface area contributed by atoms with Crippen LogP contribution in [0.1, 0.15) is 30.3 Å². The number of benzene rings is 3. The maximum absolute atomic E-state index is 13.4. The number of imidazole rings is 2. The molecule has 0 aliphatic rings. The van der Waals surface area contributed by atoms with E-state index < -0.39 is 11.7 Å². The number of aromatic hydroxyl groups is 1. The molecule has 0 aliphatic carbocycles. The molecule has 0 saturated heterocycles. The topological polar surface area (TPSA) is 105 Å². The molecule has 8 nitrogen and oxygen atoms in total. The molecule has 2 heterocycles. The fourth-order valence-corrected chi connectivity index (χ4v) is 5.01. The summed E-state index contributed by atoms with van der Waals surface area (Å²) in [5, 5.41) is 11.4. The standard InChI is InChI=1S/C28H27IN4O4/c1-17(18-6-4-3-5-7-18)25(26-30-22-13-10-20(29)16-23(22)31-26)33-27(34)24(32-28(33)35)19-8-11-21(12-9-19)37-15-14-36-2/h3-13,16-17,25,34H,14-15H2,1-2H3,(H,30,31)(H,32,35)/t17-,25-/m0/s1. The Balaban J connectivity index is 1.58. The quantitative estimate of drug-likeness (QED) is 0.152. The van der Waals surface area contributed by atoms with Gasteiger partial charge in [0.2, 0.25) is 5.88 Å². The third-order valence-electron chi connectivity index (χ3n) is 6.42. The van der Waals surface area contributed by atoms with E-state index in [-0.39, 0.29) is 11.8 Å². The van der Waals surface area contributed by atoms with E-state index in [2.05, 4.69) is 32.6 Å². The van der Waals surface area contributed by atoms with Crippen LogP contribution in [0.3, 0.4) is 0 Å². The van der Waals surface area contributed by atoms with Crippen LogP contribution in [-0.4, -0.2) is 44.9 Å². The van der Waals surface area contributed by atoms with Crippen molar-refractivity contribution in [3.63, 3.8) is 0 Å². The van der Waals surface area contributed by atoms with Gasteiger partial charge in [0.25, 0.3) is 0 Å². The maximum atomic E-state index is 13.4. The molecule has 0 aliphatic heterocycles. The molecule has 0 bridgehead atoms. The Kier molecular flexibility index (Phi) is 7.33. The fraction of sp³-hybridized carbons (Fsp3) is 0.214. The molecule has 2 atom stereocenters. The van der Waals surface area contributed by atoms with Crippen molar-refractivity contribution in [2.24, 2.45) is 0 Å². The first-order valence-electron chi connectivity index (χ1n) is 11.9. The van der Waals surface area contributed by atoms with Crippen LogP contribution in [0.25, 0.3) is 22.3 Å². The van der Waals surface area contributed by atoms with Crippen molar-refractivity contribution in [3.05, 3.63) is 98.2 Å². The van der Waals surface area contributed by atoms with Crippen LogP contribution in [0.5, 0.6) is 11.6 Å². The van der Waals surface area contributed by atoms with E-state index in [0.717, 1.165) is 20.2 Å². The largest absolute Gasteiger partial charge is 0.493 e. The molecule has 0 spiro atoms. The number of H-pyrrole nitrogens is 2. The summed E-state index contributed by atoms with van der Waals surface area (Å²) in [5.74, 6) is 0.943. The second-order valence-electron chi connectivity index (χ2n) is 8.79. The number of nitrogens with zero attached hydrogens (tertiary/aromatic N) is 2. The molecule has 3 aromatic carbocycles. The van der Waals surface area contributed by atoms with Gasteiger partial charge >= 0.3 is 5.69 Å². The molecule has 2 aromatic heterocycles. The number of halogens is 1. The van der Waals surface area contributed by atoms with Crippen molar-refractivity contribution < 1.29 is 14.6 Å². The highest BCUT2D eigenvalue weighted by molar-refractivity contribution is 14.1. The van der Waals surface area contributed by atoms with Crippen molar-refractivity contribution in [2.75, 3.05) is 20.3 Å². The first-order valence-corrected chi connectivity index (χ1v) is 13.0. The van der Waals surface area contributed by atoms with E-state index in [9.17, 15) is 9.90 Å². The van der Waals surface area contributed by atoms with E-state index in [4.69, 9.17) is 14.5 Å². The van der Waals surface area contributed by atoms with Gasteiger partial charge in [-0.25, -0.2) is 9.78 Å². The Morgan fingerprint density at radius 2 is 1.78 bits per heavy atom. The minimum atomic E-state index is -0.582. The Morgan fingerprint density at radius 1 is 1.03 bits per heavy atom. The van der Waals surface area contributed by atoms with E-state index in [0.29, 0.717) is 36.0 Å². The summed E-state index contributed by atoms with van der Waals surface area (Å²) in [4.78, 5) is 24.4. The smallest absolute Gasteiger partial charge is 0.329 e. The second kappa shape index (κ2) is 10.8. The molecule has 0 fully saturated rings. The van der Waals surface area contributed by atoms with Gasteiger partial charge in [-0.15, -0.1) is 0 Å². The van der Waals surface area contributed by atoms with Gasteiger partial charge in [-0.1, -0.05) is 37.3 Å². The lowest BCUT2D eigenvalue weighted by Crippen LogP contribution is -2.27. The monoisotopic (exact) mass is 610 g/mol. The molecule has 3 N–H and O–H groups in total. The number of aromatic nitrogens is 4. The van der Waals surface area contributed by atoms with Crippen molar-refractivity contribution in [2.45, 2.75) is 18.9 Å². The zero-order valence-corrected chi connectivity index (χ0v) is 22.6. The summed E-state index contributed by atoms with van der Waals surface area (Å²) < 4.78 is 13.1. The summed E-state index contributed by atoms with van der Waals surface area (Å²) >= 11 is 2.26. The minimum Gasteiger partial charge on any atom is -0.493 e. The van der Waals surface area contributed by atoms with Crippen molar-refractivity contribution in [1.29, 1.82) is 0 Å². The molecular formula is C28H27IN4O4. The summed E-state index contributed by atoms with van der Waals surface area (Å²) in [5.41, 5.74) is 3.28. The van der Waals surface area contributed by atoms with Gasteiger partial charge in [-0.3, -0.25) is 4.57 Å². The fourth-order valence-electron chi connectivity index (χ4n) is 4.52. The normalized spacial score (nSPS) is 13.1. The Labute approximate surface area is 227 Å². The van der Waals surface area contributed by atoms with Gasteiger partial charge in [-0.2, -0.15) is 0 Å². The SMILES string of the molecule is COCCOc1ccc(-c2[nH]c(=O)n([C@H](c3nc4ccc(I)cc4[nH]3)[C@@H](C)c3ccccc3)c2O)cc1. The van der Waals surface area contributed by atoms with Crippen molar-refractivity contribution in [1.82, 2.24) is 19.5 Å². The van der Waals surface area contributed by atoms with Crippen LogP contribution in [0.2, 0.25) is 0 Å².